The van der Waals surface area contributed by atoms with Crippen LogP contribution < -0.4 is 16.0 Å². The second-order valence-electron chi connectivity index (χ2n) is 9.37. The van der Waals surface area contributed by atoms with Crippen molar-refractivity contribution in [2.75, 3.05) is 6.61 Å². The Morgan fingerprint density at radius 1 is 1.03 bits per heavy atom. The van der Waals surface area contributed by atoms with Gasteiger partial charge in [0, 0.05) is 17.6 Å². The summed E-state index contributed by atoms with van der Waals surface area (Å²) in [5.41, 5.74) is 0.839. The lowest BCUT2D eigenvalue weighted by molar-refractivity contribution is 0.0974. The van der Waals surface area contributed by atoms with Crippen LogP contribution in [0.4, 0.5) is 9.18 Å². The molecule has 0 spiro atoms. The molecule has 0 saturated heterocycles. The Balaban J connectivity index is 1.63. The van der Waals surface area contributed by atoms with E-state index in [2.05, 4.69) is 22.9 Å². The number of aryl methyl sites for hydroxylation is 1. The molecule has 33 heavy (non-hydrogen) atoms. The van der Waals surface area contributed by atoms with Crippen LogP contribution in [0.15, 0.2) is 23.2 Å². The lowest BCUT2D eigenvalue weighted by Gasteiger charge is -2.31. The molecule has 8 heteroatoms. The number of rotatable bonds is 5. The van der Waals surface area contributed by atoms with Crippen LogP contribution in [0.1, 0.15) is 81.1 Å². The molecule has 0 radical (unpaired) electrons. The maximum Gasteiger partial charge on any atom is 0.407 e. The smallest absolute Gasteiger partial charge is 0.407 e. The van der Waals surface area contributed by atoms with E-state index in [1.54, 1.807) is 19.9 Å². The van der Waals surface area contributed by atoms with Crippen molar-refractivity contribution in [3.63, 3.8) is 0 Å². The number of hydrogen-bond donors (Lipinski definition) is 3. The van der Waals surface area contributed by atoms with Crippen molar-refractivity contribution in [3.05, 3.63) is 35.1 Å². The van der Waals surface area contributed by atoms with Crippen LogP contribution in [0.5, 0.6) is 0 Å². The van der Waals surface area contributed by atoms with Gasteiger partial charge in [-0.05, 0) is 94.9 Å². The van der Waals surface area contributed by atoms with Crippen LogP contribution in [0.2, 0.25) is 0 Å². The molecular formula is C25H37FN4O3. The van der Waals surface area contributed by atoms with Gasteiger partial charge in [0.05, 0.1) is 12.6 Å². The number of hydrogen-bond acceptors (Lipinski definition) is 4. The summed E-state index contributed by atoms with van der Waals surface area (Å²) in [6, 6.07) is 4.79. The molecule has 2 amide bonds. The van der Waals surface area contributed by atoms with Gasteiger partial charge in [-0.15, -0.1) is 0 Å². The first-order valence-electron chi connectivity index (χ1n) is 12.2. The zero-order valence-electron chi connectivity index (χ0n) is 20.0. The van der Waals surface area contributed by atoms with E-state index in [1.165, 1.54) is 12.1 Å². The molecule has 0 atom stereocenters. The summed E-state index contributed by atoms with van der Waals surface area (Å²) in [5, 5.41) is 9.28. The van der Waals surface area contributed by atoms with Gasteiger partial charge in [0.2, 0.25) is 0 Å². The minimum atomic E-state index is -0.371. The van der Waals surface area contributed by atoms with Gasteiger partial charge in [0.25, 0.3) is 5.91 Å². The average molecular weight is 461 g/mol. The molecule has 1 aromatic rings. The van der Waals surface area contributed by atoms with Crippen LogP contribution in [0, 0.1) is 18.7 Å². The van der Waals surface area contributed by atoms with E-state index in [0.29, 0.717) is 29.6 Å². The van der Waals surface area contributed by atoms with Gasteiger partial charge >= 0.3 is 6.09 Å². The second kappa shape index (κ2) is 12.0. The average Bonchev–Trinajstić information content (AvgIpc) is 2.78. The van der Waals surface area contributed by atoms with Crippen molar-refractivity contribution in [1.29, 1.82) is 0 Å². The molecule has 7 nitrogen and oxygen atoms in total. The molecule has 2 saturated carbocycles. The van der Waals surface area contributed by atoms with Crippen molar-refractivity contribution in [2.45, 2.75) is 90.3 Å². The van der Waals surface area contributed by atoms with Crippen LogP contribution in [-0.2, 0) is 4.74 Å². The van der Waals surface area contributed by atoms with Crippen LogP contribution in [0.3, 0.4) is 0 Å². The number of alkyl carbamates (subject to hydrolysis) is 1. The Labute approximate surface area is 196 Å². The fourth-order valence-electron chi connectivity index (χ4n) is 4.54. The van der Waals surface area contributed by atoms with E-state index in [-0.39, 0.29) is 35.9 Å². The third-order valence-electron chi connectivity index (χ3n) is 6.61. The summed E-state index contributed by atoms with van der Waals surface area (Å²) in [7, 11) is 0. The van der Waals surface area contributed by atoms with E-state index in [0.717, 1.165) is 51.4 Å². The van der Waals surface area contributed by atoms with E-state index in [4.69, 9.17) is 9.73 Å². The first-order chi connectivity index (χ1) is 15.8. The molecule has 0 heterocycles. The molecule has 1 aromatic carbocycles. The van der Waals surface area contributed by atoms with E-state index < -0.39 is 0 Å². The van der Waals surface area contributed by atoms with Crippen molar-refractivity contribution in [1.82, 2.24) is 16.0 Å². The Kier molecular flexibility index (Phi) is 9.09. The van der Waals surface area contributed by atoms with E-state index >= 15 is 0 Å². The number of carbonyl (C=O) groups excluding carboxylic acids is 2. The number of carbonyl (C=O) groups is 2. The normalized spacial score (nSPS) is 25.8. The van der Waals surface area contributed by atoms with Gasteiger partial charge in [-0.2, -0.15) is 0 Å². The maximum atomic E-state index is 13.6. The van der Waals surface area contributed by atoms with Gasteiger partial charge in [-0.25, -0.2) is 14.2 Å². The first kappa shape index (κ1) is 25.0. The standard InChI is InChI=1S/C25H37FN4O3/c1-4-33-25(32)29-21-12-10-20(11-13-21)28-24(27-19-8-5-16(2)6-9-19)30-23(31)18-7-14-22(26)17(3)15-18/h7,14-16,19-21H,4-6,8-13H2,1-3H3,(H,29,32)(H2,27,28,30,31). The second-order valence-corrected chi connectivity index (χ2v) is 9.37. The lowest BCUT2D eigenvalue weighted by atomic mass is 9.88. The third-order valence-corrected chi connectivity index (χ3v) is 6.61. The van der Waals surface area contributed by atoms with Crippen molar-refractivity contribution in [2.24, 2.45) is 10.9 Å². The monoisotopic (exact) mass is 460 g/mol. The zero-order chi connectivity index (χ0) is 23.8. The highest BCUT2D eigenvalue weighted by Gasteiger charge is 2.25. The van der Waals surface area contributed by atoms with Gasteiger partial charge < -0.3 is 15.4 Å². The predicted octanol–water partition coefficient (Wildman–Crippen LogP) is 4.45. The number of ether oxygens (including phenoxy) is 1. The third kappa shape index (κ3) is 7.72. The summed E-state index contributed by atoms with van der Waals surface area (Å²) in [5.74, 6) is 0.574. The number of nitrogens with one attached hydrogen (secondary N) is 3. The maximum absolute atomic E-state index is 13.6. The number of nitrogens with zero attached hydrogens (tertiary/aromatic N) is 1. The Morgan fingerprint density at radius 3 is 2.27 bits per heavy atom. The molecule has 182 valence electrons. The summed E-state index contributed by atoms with van der Waals surface area (Å²) < 4.78 is 18.6. The fraction of sp³-hybridized carbons (Fsp3) is 0.640. The molecular weight excluding hydrogens is 423 g/mol. The predicted molar refractivity (Wildman–Crippen MR) is 127 cm³/mol. The molecule has 2 aliphatic rings. The molecule has 0 aliphatic heterocycles. The van der Waals surface area contributed by atoms with Crippen molar-refractivity contribution < 1.29 is 18.7 Å². The summed E-state index contributed by atoms with van der Waals surface area (Å²) in [6.45, 7) is 6.05. The van der Waals surface area contributed by atoms with Gasteiger partial charge in [-0.3, -0.25) is 10.1 Å². The summed E-state index contributed by atoms with van der Waals surface area (Å²) in [4.78, 5) is 29.4. The molecule has 0 bridgehead atoms. The Bertz CT molecular complexity index is 844. The van der Waals surface area contributed by atoms with Crippen LogP contribution in [0.25, 0.3) is 0 Å². The van der Waals surface area contributed by atoms with Gasteiger partial charge in [0.1, 0.15) is 5.82 Å². The number of halogens is 1. The SMILES string of the molecule is CCOC(=O)NC1CCC(NC(=NC2CCC(C)CC2)NC(=O)c2ccc(F)c(C)c2)CC1. The lowest BCUT2D eigenvalue weighted by Crippen LogP contribution is -2.49. The van der Waals surface area contributed by atoms with Crippen molar-refractivity contribution >= 4 is 18.0 Å². The molecule has 0 aromatic heterocycles. The van der Waals surface area contributed by atoms with E-state index in [9.17, 15) is 14.0 Å². The van der Waals surface area contributed by atoms with Gasteiger partial charge in [0.15, 0.2) is 5.96 Å². The highest BCUT2D eigenvalue weighted by Crippen LogP contribution is 2.26. The van der Waals surface area contributed by atoms with Crippen LogP contribution >= 0.6 is 0 Å². The van der Waals surface area contributed by atoms with Gasteiger partial charge in [-0.1, -0.05) is 6.92 Å². The number of aliphatic imine (C=N–C) groups is 1. The number of guanidine groups is 1. The molecule has 0 unspecified atom stereocenters. The number of benzene rings is 1. The van der Waals surface area contributed by atoms with Crippen LogP contribution in [-0.4, -0.2) is 42.7 Å². The number of amides is 2. The zero-order valence-corrected chi connectivity index (χ0v) is 20.0. The summed E-state index contributed by atoms with van der Waals surface area (Å²) >= 11 is 0. The molecule has 3 N–H and O–H groups in total. The Hall–Kier alpha value is -2.64. The van der Waals surface area contributed by atoms with Crippen molar-refractivity contribution in [3.8, 4) is 0 Å². The highest BCUT2D eigenvalue weighted by molar-refractivity contribution is 6.05. The molecule has 2 aliphatic carbocycles. The largest absolute Gasteiger partial charge is 0.450 e. The quantitative estimate of drug-likeness (QED) is 0.447. The molecule has 2 fully saturated rings. The summed E-state index contributed by atoms with van der Waals surface area (Å²) in [6.07, 6.45) is 7.28. The topological polar surface area (TPSA) is 91.8 Å². The van der Waals surface area contributed by atoms with E-state index in [1.807, 2.05) is 0 Å². The molecule has 3 rings (SSSR count). The fourth-order valence-corrected chi connectivity index (χ4v) is 4.54. The Morgan fingerprint density at radius 2 is 1.67 bits per heavy atom. The minimum absolute atomic E-state index is 0.0964. The first-order valence-corrected chi connectivity index (χ1v) is 12.2. The minimum Gasteiger partial charge on any atom is -0.450 e. The highest BCUT2D eigenvalue weighted by atomic mass is 19.1.